The first-order valence-electron chi connectivity index (χ1n) is 11.4. The summed E-state index contributed by atoms with van der Waals surface area (Å²) in [5.41, 5.74) is 0. The third-order valence-electron chi connectivity index (χ3n) is 5.37. The van der Waals surface area contributed by atoms with Crippen LogP contribution in [0.15, 0.2) is 35.2 Å². The fourth-order valence-corrected chi connectivity index (χ4v) is 4.98. The molecule has 0 saturated heterocycles. The summed E-state index contributed by atoms with van der Waals surface area (Å²) in [5.74, 6) is 0.287. The number of hydrogen-bond donors (Lipinski definition) is 0. The third-order valence-corrected chi connectivity index (χ3v) is 7.19. The Balaban J connectivity index is 1.84. The van der Waals surface area contributed by atoms with E-state index < -0.39 is 9.84 Å². The van der Waals surface area contributed by atoms with Crippen LogP contribution in [0.2, 0.25) is 0 Å². The average Bonchev–Trinajstić information content (AvgIpc) is 2.68. The molecule has 0 aliphatic rings. The van der Waals surface area contributed by atoms with Crippen LogP contribution >= 0.6 is 0 Å². The normalized spacial score (nSPS) is 11.7. The minimum absolute atomic E-state index is 0.287. The van der Waals surface area contributed by atoms with Gasteiger partial charge in [-0.05, 0) is 18.6 Å². The Labute approximate surface area is 169 Å². The Morgan fingerprint density at radius 1 is 0.556 bits per heavy atom. The van der Waals surface area contributed by atoms with Gasteiger partial charge in [-0.15, -0.1) is 0 Å². The maximum atomic E-state index is 12.2. The quantitative estimate of drug-likeness (QED) is 0.239. The summed E-state index contributed by atoms with van der Waals surface area (Å²) in [6.45, 7) is 2.27. The van der Waals surface area contributed by atoms with Crippen molar-refractivity contribution < 1.29 is 8.42 Å². The third kappa shape index (κ3) is 13.1. The van der Waals surface area contributed by atoms with E-state index in [2.05, 4.69) is 6.92 Å². The van der Waals surface area contributed by atoms with Gasteiger partial charge in [0.1, 0.15) is 0 Å². The molecule has 156 valence electrons. The number of sulfone groups is 1. The molecule has 0 bridgehead atoms. The summed E-state index contributed by atoms with van der Waals surface area (Å²) in [7, 11) is -3.08. The number of rotatable bonds is 18. The summed E-state index contributed by atoms with van der Waals surface area (Å²) >= 11 is 0. The zero-order valence-electron chi connectivity index (χ0n) is 17.6. The van der Waals surface area contributed by atoms with Gasteiger partial charge < -0.3 is 0 Å². The monoisotopic (exact) mass is 394 g/mol. The number of hydrogen-bond acceptors (Lipinski definition) is 2. The molecule has 0 N–H and O–H groups in total. The molecule has 0 amide bonds. The fourth-order valence-electron chi connectivity index (χ4n) is 3.59. The summed E-state index contributed by atoms with van der Waals surface area (Å²) < 4.78 is 24.4. The lowest BCUT2D eigenvalue weighted by molar-refractivity contribution is 0.531. The predicted octanol–water partition coefficient (Wildman–Crippen LogP) is 7.72. The van der Waals surface area contributed by atoms with Gasteiger partial charge in [-0.2, -0.15) is 0 Å². The topological polar surface area (TPSA) is 34.1 Å². The van der Waals surface area contributed by atoms with Crippen molar-refractivity contribution in [2.24, 2.45) is 0 Å². The second-order valence-corrected chi connectivity index (χ2v) is 10.0. The van der Waals surface area contributed by atoms with Crippen molar-refractivity contribution in [1.29, 1.82) is 0 Å². The Morgan fingerprint density at radius 2 is 0.926 bits per heavy atom. The van der Waals surface area contributed by atoms with Gasteiger partial charge in [0.05, 0.1) is 10.6 Å². The molecule has 0 saturated carbocycles. The molecule has 0 fully saturated rings. The van der Waals surface area contributed by atoms with Crippen molar-refractivity contribution in [2.75, 3.05) is 5.75 Å². The molecule has 3 heteroatoms. The van der Waals surface area contributed by atoms with E-state index in [9.17, 15) is 8.42 Å². The minimum Gasteiger partial charge on any atom is -0.224 e. The van der Waals surface area contributed by atoms with Gasteiger partial charge in [0.2, 0.25) is 0 Å². The van der Waals surface area contributed by atoms with Crippen molar-refractivity contribution in [3.05, 3.63) is 30.3 Å². The Bertz CT molecular complexity index is 537. The lowest BCUT2D eigenvalue weighted by atomic mass is 10.0. The molecule has 0 atom stereocenters. The second kappa shape index (κ2) is 16.2. The molecule has 0 spiro atoms. The second-order valence-electron chi connectivity index (χ2n) is 7.94. The molecule has 0 aliphatic carbocycles. The van der Waals surface area contributed by atoms with E-state index in [4.69, 9.17) is 0 Å². The van der Waals surface area contributed by atoms with Gasteiger partial charge >= 0.3 is 0 Å². The van der Waals surface area contributed by atoms with Gasteiger partial charge in [0, 0.05) is 0 Å². The van der Waals surface area contributed by atoms with Crippen LogP contribution in [0.4, 0.5) is 0 Å². The molecule has 0 aliphatic heterocycles. The SMILES string of the molecule is CCCCCCCCCCCCCCCCCCS(=O)(=O)c1ccccc1. The fraction of sp³-hybridized carbons (Fsp3) is 0.750. The van der Waals surface area contributed by atoms with Gasteiger partial charge in [-0.3, -0.25) is 0 Å². The maximum absolute atomic E-state index is 12.2. The van der Waals surface area contributed by atoms with Crippen molar-refractivity contribution in [3.63, 3.8) is 0 Å². The van der Waals surface area contributed by atoms with Crippen LogP contribution < -0.4 is 0 Å². The van der Waals surface area contributed by atoms with Crippen molar-refractivity contribution in [1.82, 2.24) is 0 Å². The van der Waals surface area contributed by atoms with Gasteiger partial charge in [-0.1, -0.05) is 121 Å². The zero-order valence-corrected chi connectivity index (χ0v) is 18.4. The van der Waals surface area contributed by atoms with Crippen LogP contribution in [-0.2, 0) is 9.84 Å². The van der Waals surface area contributed by atoms with Gasteiger partial charge in [0.25, 0.3) is 0 Å². The minimum atomic E-state index is -3.08. The summed E-state index contributed by atoms with van der Waals surface area (Å²) in [4.78, 5) is 0.464. The van der Waals surface area contributed by atoms with Crippen molar-refractivity contribution in [2.45, 2.75) is 115 Å². The molecular formula is C24H42O2S. The molecule has 0 radical (unpaired) electrons. The standard InChI is InChI=1S/C24H42O2S/c1-2-3-4-5-6-7-8-9-10-11-12-13-14-15-16-20-23-27(25,26)24-21-18-17-19-22-24/h17-19,21-22H,2-16,20,23H2,1H3. The van der Waals surface area contributed by atoms with E-state index >= 15 is 0 Å². The largest absolute Gasteiger partial charge is 0.224 e. The van der Waals surface area contributed by atoms with Crippen LogP contribution in [0, 0.1) is 0 Å². The highest BCUT2D eigenvalue weighted by atomic mass is 32.2. The smallest absolute Gasteiger partial charge is 0.178 e. The lowest BCUT2D eigenvalue weighted by Gasteiger charge is -2.05. The summed E-state index contributed by atoms with van der Waals surface area (Å²) in [6, 6.07) is 8.83. The van der Waals surface area contributed by atoms with Crippen molar-refractivity contribution in [3.8, 4) is 0 Å². The van der Waals surface area contributed by atoms with Crippen molar-refractivity contribution >= 4 is 9.84 Å². The Morgan fingerprint density at radius 3 is 1.33 bits per heavy atom. The molecule has 1 rings (SSSR count). The zero-order chi connectivity index (χ0) is 19.6. The van der Waals surface area contributed by atoms with E-state index in [1.54, 1.807) is 24.3 Å². The molecular weight excluding hydrogens is 352 g/mol. The van der Waals surface area contributed by atoms with Crippen LogP contribution in [0.3, 0.4) is 0 Å². The number of unbranched alkanes of at least 4 members (excludes halogenated alkanes) is 15. The summed E-state index contributed by atoms with van der Waals surface area (Å²) in [6.07, 6.45) is 20.9. The molecule has 2 nitrogen and oxygen atoms in total. The molecule has 27 heavy (non-hydrogen) atoms. The first-order chi connectivity index (χ1) is 13.2. The van der Waals surface area contributed by atoms with E-state index in [1.165, 1.54) is 89.9 Å². The van der Waals surface area contributed by atoms with E-state index in [0.29, 0.717) is 4.90 Å². The molecule has 0 heterocycles. The molecule has 1 aromatic rings. The van der Waals surface area contributed by atoms with Crippen LogP contribution in [0.5, 0.6) is 0 Å². The molecule has 1 aromatic carbocycles. The van der Waals surface area contributed by atoms with Gasteiger partial charge in [-0.25, -0.2) is 8.42 Å². The van der Waals surface area contributed by atoms with Crippen LogP contribution in [0.1, 0.15) is 110 Å². The first-order valence-corrected chi connectivity index (χ1v) is 13.1. The molecule has 0 unspecified atom stereocenters. The Hall–Kier alpha value is -0.830. The van der Waals surface area contributed by atoms with E-state index in [-0.39, 0.29) is 5.75 Å². The average molecular weight is 395 g/mol. The van der Waals surface area contributed by atoms with Gasteiger partial charge in [0.15, 0.2) is 9.84 Å². The Kier molecular flexibility index (Phi) is 14.5. The highest BCUT2D eigenvalue weighted by Crippen LogP contribution is 2.15. The van der Waals surface area contributed by atoms with Crippen LogP contribution in [-0.4, -0.2) is 14.2 Å². The summed E-state index contributed by atoms with van der Waals surface area (Å²) in [5, 5.41) is 0. The number of benzene rings is 1. The maximum Gasteiger partial charge on any atom is 0.178 e. The lowest BCUT2D eigenvalue weighted by Crippen LogP contribution is -2.06. The highest BCUT2D eigenvalue weighted by molar-refractivity contribution is 7.91. The van der Waals surface area contributed by atoms with Crippen LogP contribution in [0.25, 0.3) is 0 Å². The highest BCUT2D eigenvalue weighted by Gasteiger charge is 2.12. The first kappa shape index (κ1) is 24.2. The molecule has 0 aromatic heterocycles. The predicted molar refractivity (Wildman–Crippen MR) is 118 cm³/mol. The van der Waals surface area contributed by atoms with E-state index in [0.717, 1.165) is 12.8 Å². The van der Waals surface area contributed by atoms with E-state index in [1.807, 2.05) is 6.07 Å².